The molecule has 1 atom stereocenters. The van der Waals surface area contributed by atoms with Crippen LogP contribution in [0.1, 0.15) is 19.8 Å². The van der Waals surface area contributed by atoms with E-state index in [0.29, 0.717) is 0 Å². The van der Waals surface area contributed by atoms with Crippen LogP contribution in [0.25, 0.3) is 0 Å². The van der Waals surface area contributed by atoms with Gasteiger partial charge in [-0.05, 0) is 89.5 Å². The van der Waals surface area contributed by atoms with Crippen LogP contribution in [0.15, 0.2) is 87.5 Å². The molecule has 0 saturated heterocycles. The summed E-state index contributed by atoms with van der Waals surface area (Å²) in [6, 6.07) is 14.4. The molecule has 3 rings (SSSR count). The molecule has 3 aromatic carbocycles. The van der Waals surface area contributed by atoms with Gasteiger partial charge in [0.1, 0.15) is 17.2 Å². The average Bonchev–Trinajstić information content (AvgIpc) is 3.03. The maximum absolute atomic E-state index is 15.4. The molecule has 1 unspecified atom stereocenters. The van der Waals surface area contributed by atoms with Crippen LogP contribution in [0.2, 0.25) is 0 Å². The van der Waals surface area contributed by atoms with Crippen molar-refractivity contribution in [1.29, 1.82) is 0 Å². The largest absolute Gasteiger partial charge is 0.497 e. The molecule has 0 saturated carbocycles. The number of hydrogen-bond donors (Lipinski definition) is 0. The van der Waals surface area contributed by atoms with Gasteiger partial charge in [0.05, 0.1) is 21.3 Å². The van der Waals surface area contributed by atoms with Crippen molar-refractivity contribution in [2.45, 2.75) is 63.6 Å². The highest BCUT2D eigenvalue weighted by Crippen LogP contribution is 2.72. The molecular formula is C29H29F9O6S2. The van der Waals surface area contributed by atoms with Crippen molar-refractivity contribution in [2.75, 3.05) is 21.3 Å². The van der Waals surface area contributed by atoms with Gasteiger partial charge in [0, 0.05) is 14.7 Å². The highest BCUT2D eigenvalue weighted by Gasteiger charge is 2.86. The molecule has 0 heterocycles. The number of alkyl halides is 9. The Hall–Kier alpha value is -3.31. The van der Waals surface area contributed by atoms with E-state index in [4.69, 9.17) is 17.8 Å². The molecule has 0 aromatic heterocycles. The van der Waals surface area contributed by atoms with Crippen molar-refractivity contribution in [2.24, 2.45) is 0 Å². The Kier molecular flexibility index (Phi) is 10.8. The maximum Gasteiger partial charge on any atom is 0.439 e. The fourth-order valence-electron chi connectivity index (χ4n) is 4.19. The third-order valence-electron chi connectivity index (χ3n) is 6.79. The average molecular weight is 709 g/mol. The van der Waals surface area contributed by atoms with E-state index in [1.807, 2.05) is 0 Å². The maximum atomic E-state index is 15.4. The molecule has 0 bridgehead atoms. The molecule has 17 heteroatoms. The van der Waals surface area contributed by atoms with Crippen LogP contribution in [-0.4, -0.2) is 58.9 Å². The molecule has 3 aromatic rings. The lowest BCUT2D eigenvalue weighted by atomic mass is 9.98. The third kappa shape index (κ3) is 6.20. The van der Waals surface area contributed by atoms with Crippen LogP contribution in [-0.2, 0) is 13.7 Å². The Bertz CT molecular complexity index is 1450. The van der Waals surface area contributed by atoms with E-state index >= 15 is 17.6 Å². The molecule has 256 valence electrons. The van der Waals surface area contributed by atoms with Crippen LogP contribution in [0, 0.1) is 0 Å². The van der Waals surface area contributed by atoms with Gasteiger partial charge in [0.25, 0.3) is 0 Å². The van der Waals surface area contributed by atoms with Gasteiger partial charge in [0.15, 0.2) is 6.17 Å². The summed E-state index contributed by atoms with van der Waals surface area (Å²) in [6.07, 6.45) is -5.97. The van der Waals surface area contributed by atoms with Crippen molar-refractivity contribution in [1.82, 2.24) is 0 Å². The molecule has 0 aliphatic heterocycles. The van der Waals surface area contributed by atoms with Crippen molar-refractivity contribution in [3.05, 3.63) is 72.8 Å². The van der Waals surface area contributed by atoms with E-state index < -0.39 is 62.5 Å². The third-order valence-corrected chi connectivity index (χ3v) is 12.0. The molecule has 0 aliphatic rings. The fourth-order valence-corrected chi connectivity index (χ4v) is 9.36. The Morgan fingerprint density at radius 1 is 0.609 bits per heavy atom. The summed E-state index contributed by atoms with van der Waals surface area (Å²) >= 11 is 0. The summed E-state index contributed by atoms with van der Waals surface area (Å²) in [7, 11) is -7.71. The highest BCUT2D eigenvalue weighted by atomic mass is 32.3. The van der Waals surface area contributed by atoms with E-state index in [1.165, 1.54) is 57.7 Å². The number of methoxy groups -OCH3 is 3. The molecule has 0 N–H and O–H groups in total. The lowest BCUT2D eigenvalue weighted by Gasteiger charge is -2.42. The number of halogens is 9. The molecule has 6 nitrogen and oxygen atoms in total. The second-order valence-electron chi connectivity index (χ2n) is 9.65. The van der Waals surface area contributed by atoms with Gasteiger partial charge in [0.2, 0.25) is 0 Å². The van der Waals surface area contributed by atoms with Crippen molar-refractivity contribution < 1.29 is 65.8 Å². The molecule has 0 fully saturated rings. The molecule has 46 heavy (non-hydrogen) atoms. The lowest BCUT2D eigenvalue weighted by molar-refractivity contribution is -0.359. The SMILES string of the molecule is CCCC(F)C(F)(F)C(F)(F)C(F)(F)C(F)(F)S(=O)(=O)OS(c1ccc(OC)cc1)(c1ccc(OC)cc1)c1ccc(OC)cc1. The standard InChI is InChI=1S/C29H29F9O6S2/c1-5-6-25(30)26(31,32)27(33,34)28(35,36)29(37,38)46(39,40)44-45(22-13-7-19(41-2)8-14-22,23-15-9-20(42-3)10-16-23)24-17-11-21(43-4)12-18-24/h7-18,25H,5-6H2,1-4H3. The fraction of sp³-hybridized carbons (Fsp3) is 0.379. The Balaban J connectivity index is 2.36. The topological polar surface area (TPSA) is 71.1 Å². The smallest absolute Gasteiger partial charge is 0.439 e. The summed E-state index contributed by atoms with van der Waals surface area (Å²) in [5, 5.41) is -7.04. The Morgan fingerprint density at radius 2 is 0.935 bits per heavy atom. The van der Waals surface area contributed by atoms with Crippen molar-refractivity contribution in [3.8, 4) is 17.2 Å². The number of ether oxygens (including phenoxy) is 3. The van der Waals surface area contributed by atoms with Crippen molar-refractivity contribution in [3.63, 3.8) is 0 Å². The number of hydrogen-bond acceptors (Lipinski definition) is 6. The van der Waals surface area contributed by atoms with Gasteiger partial charge in [-0.15, -0.1) is 0 Å². The zero-order valence-electron chi connectivity index (χ0n) is 24.6. The minimum atomic E-state index is -7.38. The monoisotopic (exact) mass is 708 g/mol. The summed E-state index contributed by atoms with van der Waals surface area (Å²) in [6.45, 7) is 1.05. The molecule has 0 amide bonds. The Labute approximate surface area is 261 Å². The van der Waals surface area contributed by atoms with Gasteiger partial charge in [-0.1, -0.05) is 13.3 Å². The summed E-state index contributed by atoms with van der Waals surface area (Å²) in [4.78, 5) is -0.763. The molecule has 0 radical (unpaired) electrons. The van der Waals surface area contributed by atoms with E-state index in [9.17, 15) is 30.4 Å². The van der Waals surface area contributed by atoms with E-state index in [2.05, 4.69) is 0 Å². The van der Waals surface area contributed by atoms with E-state index in [1.54, 1.807) is 0 Å². The van der Waals surface area contributed by atoms with Gasteiger partial charge < -0.3 is 14.2 Å². The first kappa shape index (κ1) is 37.2. The van der Waals surface area contributed by atoms with Crippen LogP contribution in [0.3, 0.4) is 0 Å². The quantitative estimate of drug-likeness (QED) is 0.147. The normalized spacial score (nSPS) is 14.5. The zero-order valence-corrected chi connectivity index (χ0v) is 26.2. The minimum absolute atomic E-state index is 0.177. The zero-order chi connectivity index (χ0) is 34.8. The van der Waals surface area contributed by atoms with Crippen LogP contribution < -0.4 is 14.2 Å². The summed E-state index contributed by atoms with van der Waals surface area (Å²) in [5.41, 5.74) is 0. The summed E-state index contributed by atoms with van der Waals surface area (Å²) < 4.78 is 180. The van der Waals surface area contributed by atoms with Gasteiger partial charge in [-0.3, -0.25) is 0 Å². The second kappa shape index (κ2) is 13.4. The summed E-state index contributed by atoms with van der Waals surface area (Å²) in [5.74, 6) is -20.5. The first-order valence-corrected chi connectivity index (χ1v) is 16.1. The van der Waals surface area contributed by atoms with Gasteiger partial charge in [-0.25, -0.2) is 8.02 Å². The molecule has 0 aliphatic carbocycles. The first-order valence-electron chi connectivity index (χ1n) is 13.2. The molecular weight excluding hydrogens is 679 g/mol. The van der Waals surface area contributed by atoms with Gasteiger partial charge in [-0.2, -0.15) is 43.5 Å². The highest BCUT2D eigenvalue weighted by molar-refractivity contribution is 8.33. The first-order chi connectivity index (χ1) is 21.3. The van der Waals surface area contributed by atoms with Crippen LogP contribution >= 0.6 is 10.3 Å². The predicted molar refractivity (Wildman–Crippen MR) is 151 cm³/mol. The van der Waals surface area contributed by atoms with E-state index in [-0.39, 0.29) is 31.9 Å². The minimum Gasteiger partial charge on any atom is -0.497 e. The second-order valence-corrected chi connectivity index (χ2v) is 14.1. The number of benzene rings is 3. The van der Waals surface area contributed by atoms with Crippen molar-refractivity contribution >= 4 is 20.4 Å². The molecule has 0 spiro atoms. The van der Waals surface area contributed by atoms with Crippen LogP contribution in [0.5, 0.6) is 17.2 Å². The predicted octanol–water partition coefficient (Wildman–Crippen LogP) is 8.89. The van der Waals surface area contributed by atoms with Gasteiger partial charge >= 0.3 is 33.1 Å². The Morgan fingerprint density at radius 3 is 1.22 bits per heavy atom. The number of rotatable bonds is 15. The van der Waals surface area contributed by atoms with Crippen LogP contribution in [0.4, 0.5) is 39.5 Å². The lowest BCUT2D eigenvalue weighted by Crippen LogP contribution is -2.66. The van der Waals surface area contributed by atoms with E-state index in [0.717, 1.165) is 43.3 Å².